The Hall–Kier alpha value is -1.38. The lowest BCUT2D eigenvalue weighted by atomic mass is 10.4. The van der Waals surface area contributed by atoms with Crippen molar-refractivity contribution in [2.24, 2.45) is 5.84 Å². The van der Waals surface area contributed by atoms with Crippen molar-refractivity contribution in [3.8, 4) is 6.07 Å². The molecular weight excluding hydrogens is 166 g/mol. The Balaban J connectivity index is 0.000001000. The lowest BCUT2D eigenvalue weighted by molar-refractivity contribution is 1.12. The van der Waals surface area contributed by atoms with Crippen LogP contribution in [0, 0.1) is 11.3 Å². The number of halogens is 1. The van der Waals surface area contributed by atoms with Gasteiger partial charge in [-0.25, -0.2) is 15.8 Å². The fraction of sp³-hybridized carbons (Fsp3) is 0. The average Bonchev–Trinajstić information content (AvgIpc) is 2.05. The van der Waals surface area contributed by atoms with Crippen molar-refractivity contribution in [2.45, 2.75) is 0 Å². The van der Waals surface area contributed by atoms with Crippen LogP contribution in [0.1, 0.15) is 5.69 Å². The molecule has 5 nitrogen and oxygen atoms in total. The molecule has 0 atom stereocenters. The summed E-state index contributed by atoms with van der Waals surface area (Å²) in [5.74, 6) is 5.46. The van der Waals surface area contributed by atoms with Gasteiger partial charge in [0, 0.05) is 6.07 Å². The van der Waals surface area contributed by atoms with E-state index in [0.717, 1.165) is 0 Å². The van der Waals surface area contributed by atoms with Crippen LogP contribution in [0.15, 0.2) is 12.4 Å². The highest BCUT2D eigenvalue weighted by molar-refractivity contribution is 5.85. The molecule has 0 spiro atoms. The molecule has 1 aromatic heterocycles. The fourth-order valence-corrected chi connectivity index (χ4v) is 0.497. The van der Waals surface area contributed by atoms with Gasteiger partial charge in [-0.05, 0) is 0 Å². The zero-order chi connectivity index (χ0) is 7.40. The summed E-state index contributed by atoms with van der Waals surface area (Å²) in [6.45, 7) is 0. The van der Waals surface area contributed by atoms with Crippen molar-refractivity contribution in [3.05, 3.63) is 18.1 Å². The van der Waals surface area contributed by atoms with E-state index in [2.05, 4.69) is 15.4 Å². The van der Waals surface area contributed by atoms with Crippen LogP contribution in [0.4, 0.5) is 5.82 Å². The molecule has 0 radical (unpaired) electrons. The number of anilines is 1. The maximum Gasteiger partial charge on any atom is 0.146 e. The van der Waals surface area contributed by atoms with E-state index in [4.69, 9.17) is 11.1 Å². The van der Waals surface area contributed by atoms with Gasteiger partial charge >= 0.3 is 0 Å². The second-order valence-electron chi connectivity index (χ2n) is 1.54. The first-order chi connectivity index (χ1) is 4.86. The molecule has 1 aromatic rings. The molecule has 0 aliphatic rings. The Bertz CT molecular complexity index is 268. The van der Waals surface area contributed by atoms with E-state index in [1.165, 1.54) is 12.4 Å². The quantitative estimate of drug-likeness (QED) is 0.461. The number of hydrogen-bond donors (Lipinski definition) is 2. The minimum absolute atomic E-state index is 0. The number of hydrogen-bond acceptors (Lipinski definition) is 5. The van der Waals surface area contributed by atoms with Crippen LogP contribution in [0.25, 0.3) is 0 Å². The van der Waals surface area contributed by atoms with Gasteiger partial charge in [-0.3, -0.25) is 0 Å². The van der Waals surface area contributed by atoms with E-state index in [1.807, 2.05) is 6.07 Å². The van der Waals surface area contributed by atoms with Crippen molar-refractivity contribution in [1.29, 1.82) is 5.26 Å². The number of nitrogen functional groups attached to an aromatic ring is 1. The Morgan fingerprint density at radius 3 is 2.82 bits per heavy atom. The molecule has 0 fully saturated rings. The summed E-state index contributed by atoms with van der Waals surface area (Å²) in [5.41, 5.74) is 2.59. The van der Waals surface area contributed by atoms with Crippen molar-refractivity contribution in [3.63, 3.8) is 0 Å². The molecule has 0 saturated heterocycles. The topological polar surface area (TPSA) is 87.6 Å². The van der Waals surface area contributed by atoms with Gasteiger partial charge in [0.25, 0.3) is 0 Å². The molecule has 0 aliphatic heterocycles. The van der Waals surface area contributed by atoms with Crippen LogP contribution < -0.4 is 11.3 Å². The third kappa shape index (κ3) is 2.37. The molecule has 0 saturated carbocycles. The molecule has 0 aromatic carbocycles. The van der Waals surface area contributed by atoms with Crippen molar-refractivity contribution >= 4 is 18.2 Å². The zero-order valence-corrected chi connectivity index (χ0v) is 6.30. The first-order valence-electron chi connectivity index (χ1n) is 2.55. The lowest BCUT2D eigenvalue weighted by Gasteiger charge is -1.94. The Labute approximate surface area is 69.6 Å². The van der Waals surface area contributed by atoms with E-state index in [1.54, 1.807) is 0 Å². The highest BCUT2D eigenvalue weighted by Gasteiger charge is 1.92. The first-order valence-corrected chi connectivity index (χ1v) is 2.55. The standard InChI is InChI=1S/C5H5N5.ClH/c6-2-4-1-5(10-7)9-3-8-4;/h1,3H,7H2,(H,8,9,10);1H. The van der Waals surface area contributed by atoms with E-state index < -0.39 is 0 Å². The summed E-state index contributed by atoms with van der Waals surface area (Å²) < 4.78 is 0. The molecule has 0 amide bonds. The van der Waals surface area contributed by atoms with E-state index >= 15 is 0 Å². The predicted octanol–water partition coefficient (Wildman–Crippen LogP) is 0.0557. The lowest BCUT2D eigenvalue weighted by Crippen LogP contribution is -2.08. The predicted molar refractivity (Wildman–Crippen MR) is 41.8 cm³/mol. The molecule has 1 rings (SSSR count). The zero-order valence-electron chi connectivity index (χ0n) is 5.48. The van der Waals surface area contributed by atoms with E-state index in [-0.39, 0.29) is 12.4 Å². The molecule has 3 N–H and O–H groups in total. The third-order valence-electron chi connectivity index (χ3n) is 0.930. The van der Waals surface area contributed by atoms with Crippen LogP contribution in [0.2, 0.25) is 0 Å². The highest BCUT2D eigenvalue weighted by Crippen LogP contribution is 1.98. The number of aromatic nitrogens is 2. The Kier molecular flexibility index (Phi) is 3.88. The minimum atomic E-state index is 0. The summed E-state index contributed by atoms with van der Waals surface area (Å²) in [6.07, 6.45) is 1.27. The second-order valence-corrected chi connectivity index (χ2v) is 1.54. The average molecular weight is 172 g/mol. The van der Waals surface area contributed by atoms with Crippen LogP contribution in [0.5, 0.6) is 0 Å². The SMILES string of the molecule is Cl.N#Cc1cc(NN)ncn1. The number of rotatable bonds is 1. The number of nitrogens with one attached hydrogen (secondary N) is 1. The van der Waals surface area contributed by atoms with Gasteiger partial charge in [0.15, 0.2) is 0 Å². The summed E-state index contributed by atoms with van der Waals surface area (Å²) in [5, 5.41) is 8.35. The number of nitriles is 1. The van der Waals surface area contributed by atoms with Crippen LogP contribution in [-0.2, 0) is 0 Å². The first kappa shape index (κ1) is 9.62. The van der Waals surface area contributed by atoms with Crippen molar-refractivity contribution in [1.82, 2.24) is 9.97 Å². The van der Waals surface area contributed by atoms with E-state index in [0.29, 0.717) is 11.5 Å². The highest BCUT2D eigenvalue weighted by atomic mass is 35.5. The molecule has 0 unspecified atom stereocenters. The monoisotopic (exact) mass is 171 g/mol. The Morgan fingerprint density at radius 2 is 2.27 bits per heavy atom. The smallest absolute Gasteiger partial charge is 0.146 e. The summed E-state index contributed by atoms with van der Waals surface area (Å²) in [7, 11) is 0. The minimum Gasteiger partial charge on any atom is -0.308 e. The van der Waals surface area contributed by atoms with Crippen LogP contribution >= 0.6 is 12.4 Å². The van der Waals surface area contributed by atoms with Crippen molar-refractivity contribution < 1.29 is 0 Å². The van der Waals surface area contributed by atoms with Gasteiger partial charge in [0.1, 0.15) is 23.9 Å². The maximum absolute atomic E-state index is 8.35. The molecule has 1 heterocycles. The molecule has 11 heavy (non-hydrogen) atoms. The fourth-order valence-electron chi connectivity index (χ4n) is 0.497. The summed E-state index contributed by atoms with van der Waals surface area (Å²) in [6, 6.07) is 3.31. The number of nitrogens with two attached hydrogens (primary N) is 1. The van der Waals surface area contributed by atoms with Crippen molar-refractivity contribution in [2.75, 3.05) is 5.43 Å². The molecule has 6 heteroatoms. The molecule has 58 valence electrons. The molecular formula is C5H6ClN5. The normalized spacial score (nSPS) is 7.64. The Morgan fingerprint density at radius 1 is 1.55 bits per heavy atom. The number of hydrazine groups is 1. The van der Waals surface area contributed by atoms with E-state index in [9.17, 15) is 0 Å². The summed E-state index contributed by atoms with van der Waals surface area (Å²) >= 11 is 0. The largest absolute Gasteiger partial charge is 0.308 e. The number of nitrogens with zero attached hydrogens (tertiary/aromatic N) is 3. The van der Waals surface area contributed by atoms with Crippen LogP contribution in [-0.4, -0.2) is 9.97 Å². The second kappa shape index (κ2) is 4.44. The van der Waals surface area contributed by atoms with Gasteiger partial charge in [0.2, 0.25) is 0 Å². The maximum atomic E-state index is 8.35. The van der Waals surface area contributed by atoms with Gasteiger partial charge in [-0.2, -0.15) is 5.26 Å². The van der Waals surface area contributed by atoms with Gasteiger partial charge in [-0.15, -0.1) is 12.4 Å². The van der Waals surface area contributed by atoms with Gasteiger partial charge in [0.05, 0.1) is 0 Å². The van der Waals surface area contributed by atoms with Crippen LogP contribution in [0.3, 0.4) is 0 Å². The van der Waals surface area contributed by atoms with Gasteiger partial charge in [-0.1, -0.05) is 0 Å². The third-order valence-corrected chi connectivity index (χ3v) is 0.930. The molecule has 0 bridgehead atoms. The van der Waals surface area contributed by atoms with Gasteiger partial charge < -0.3 is 5.43 Å². The molecule has 0 aliphatic carbocycles. The summed E-state index contributed by atoms with van der Waals surface area (Å²) in [4.78, 5) is 7.35.